The molecule has 1 fully saturated rings. The molecule has 232 valence electrons. The van der Waals surface area contributed by atoms with Gasteiger partial charge in [0, 0.05) is 18.2 Å². The largest absolute Gasteiger partial charge is 0.490 e. The van der Waals surface area contributed by atoms with Crippen molar-refractivity contribution < 1.29 is 50.9 Å². The minimum atomic E-state index is -5.08. The third-order valence-corrected chi connectivity index (χ3v) is 5.64. The molecule has 4 rings (SSSR count). The lowest BCUT2D eigenvalue weighted by atomic mass is 10.0. The zero-order valence-electron chi connectivity index (χ0n) is 22.7. The third kappa shape index (κ3) is 12.4. The molecular weight excluding hydrogens is 576 g/mol. The molecule has 0 radical (unpaired) electrons. The Morgan fingerprint density at radius 3 is 2.19 bits per heavy atom. The van der Waals surface area contributed by atoms with Crippen LogP contribution in [-0.2, 0) is 16.0 Å². The average molecular weight is 608 g/mol. The van der Waals surface area contributed by atoms with E-state index in [4.69, 9.17) is 24.9 Å². The predicted molar refractivity (Wildman–Crippen MR) is 142 cm³/mol. The second-order valence-corrected chi connectivity index (χ2v) is 8.72. The number of amides is 1. The highest BCUT2D eigenvalue weighted by molar-refractivity contribution is 6.03. The summed E-state index contributed by atoms with van der Waals surface area (Å²) in [6.45, 7) is 1.51. The molecule has 1 aromatic carbocycles. The lowest BCUT2D eigenvalue weighted by Crippen LogP contribution is -2.38. The number of benzene rings is 1. The first-order valence-corrected chi connectivity index (χ1v) is 12.6. The Labute approximate surface area is 237 Å². The number of rotatable bonds is 5. The Kier molecular flexibility index (Phi) is 14.8. The van der Waals surface area contributed by atoms with Crippen LogP contribution in [0.25, 0.3) is 5.65 Å². The first-order valence-electron chi connectivity index (χ1n) is 12.6. The van der Waals surface area contributed by atoms with Crippen LogP contribution in [0.1, 0.15) is 55.5 Å². The summed E-state index contributed by atoms with van der Waals surface area (Å²) in [4.78, 5) is 36.6. The second kappa shape index (κ2) is 17.4. The van der Waals surface area contributed by atoms with Gasteiger partial charge in [0.2, 0.25) is 0 Å². The fourth-order valence-electron chi connectivity index (χ4n) is 3.82. The number of aromatic nitrogens is 3. The summed E-state index contributed by atoms with van der Waals surface area (Å²) in [5.41, 5.74) is 2.60. The summed E-state index contributed by atoms with van der Waals surface area (Å²) in [7, 11) is 0. The monoisotopic (exact) mass is 607 g/mol. The molecule has 16 heteroatoms. The Morgan fingerprint density at radius 2 is 1.69 bits per heavy atom. The van der Waals surface area contributed by atoms with Crippen LogP contribution in [0.3, 0.4) is 0 Å². The van der Waals surface area contributed by atoms with Gasteiger partial charge in [-0.05, 0) is 62.4 Å². The number of alkyl halides is 6. The Bertz CT molecular complexity index is 1270. The molecular formula is C26H31F6N5O5. The van der Waals surface area contributed by atoms with Crippen molar-refractivity contribution in [3.05, 3.63) is 53.7 Å². The van der Waals surface area contributed by atoms with Gasteiger partial charge in [-0.2, -0.15) is 26.3 Å². The molecule has 3 aromatic rings. The molecule has 2 aromatic heterocycles. The highest BCUT2D eigenvalue weighted by Crippen LogP contribution is 2.23. The SMILES string of the molecule is CCCc1ccc(C(=O)Nc2cn3nc(N4CCCCC4C)ccc3n2)cc1.FC(F)F.O=C(O)C(F)(F)F.O=CO. The van der Waals surface area contributed by atoms with Crippen LogP contribution in [0.2, 0.25) is 0 Å². The molecule has 42 heavy (non-hydrogen) atoms. The number of carbonyl (C=O) groups excluding carboxylic acids is 1. The summed E-state index contributed by atoms with van der Waals surface area (Å²) in [5, 5.41) is 21.6. The van der Waals surface area contributed by atoms with Crippen molar-refractivity contribution in [2.45, 2.75) is 64.8 Å². The van der Waals surface area contributed by atoms with Crippen molar-refractivity contribution in [1.82, 2.24) is 14.6 Å². The second-order valence-electron chi connectivity index (χ2n) is 8.72. The van der Waals surface area contributed by atoms with E-state index in [-0.39, 0.29) is 12.4 Å². The molecule has 1 atom stereocenters. The topological polar surface area (TPSA) is 137 Å². The van der Waals surface area contributed by atoms with Crippen LogP contribution in [-0.4, -0.2) is 68.6 Å². The number of nitrogens with one attached hydrogen (secondary N) is 1. The Morgan fingerprint density at radius 1 is 1.12 bits per heavy atom. The minimum Gasteiger partial charge on any atom is -0.483 e. The first-order chi connectivity index (χ1) is 19.7. The highest BCUT2D eigenvalue weighted by Gasteiger charge is 2.38. The van der Waals surface area contributed by atoms with E-state index in [9.17, 15) is 31.1 Å². The van der Waals surface area contributed by atoms with Crippen molar-refractivity contribution in [2.24, 2.45) is 0 Å². The standard InChI is InChI=1S/C22H27N5O.C2HF3O2.CHF3.CH2O2/c1-3-6-17-8-10-18(11-9-17)22(28)24-19-15-27-20(23-19)12-13-21(25-27)26-14-5-4-7-16(26)2;3-2(4,5)1(6)7;2-1(3)4;2-1-3/h8-13,15-16H,3-7,14H2,1-2H3,(H,24,28);(H,6,7);1H;1H,(H,2,3). The number of nitrogens with zero attached hydrogens (tertiary/aromatic N) is 4. The molecule has 3 heterocycles. The fraction of sp³-hybridized carbons (Fsp3) is 0.423. The third-order valence-electron chi connectivity index (χ3n) is 5.64. The number of imidazole rings is 1. The van der Waals surface area contributed by atoms with E-state index in [2.05, 4.69) is 29.0 Å². The minimum absolute atomic E-state index is 0.156. The van der Waals surface area contributed by atoms with Crippen LogP contribution in [0, 0.1) is 0 Å². The van der Waals surface area contributed by atoms with Crippen molar-refractivity contribution >= 4 is 35.6 Å². The molecule has 1 unspecified atom stereocenters. The predicted octanol–water partition coefficient (Wildman–Crippen LogP) is 5.83. The van der Waals surface area contributed by atoms with Crippen LogP contribution < -0.4 is 10.2 Å². The molecule has 1 aliphatic heterocycles. The summed E-state index contributed by atoms with van der Waals surface area (Å²) in [6.07, 6.45) is 2.49. The van der Waals surface area contributed by atoms with Crippen LogP contribution in [0.4, 0.5) is 38.0 Å². The van der Waals surface area contributed by atoms with E-state index in [1.807, 2.05) is 36.4 Å². The summed E-state index contributed by atoms with van der Waals surface area (Å²) >= 11 is 0. The lowest BCUT2D eigenvalue weighted by molar-refractivity contribution is -0.192. The summed E-state index contributed by atoms with van der Waals surface area (Å²) in [6, 6.07) is 12.2. The van der Waals surface area contributed by atoms with E-state index in [1.165, 1.54) is 24.8 Å². The quantitative estimate of drug-likeness (QED) is 0.244. The van der Waals surface area contributed by atoms with Gasteiger partial charge in [0.05, 0.1) is 6.20 Å². The van der Waals surface area contributed by atoms with Crippen LogP contribution in [0.15, 0.2) is 42.6 Å². The molecule has 3 N–H and O–H groups in total. The molecule has 1 saturated heterocycles. The lowest BCUT2D eigenvalue weighted by Gasteiger charge is -2.34. The zero-order chi connectivity index (χ0) is 31.9. The van der Waals surface area contributed by atoms with Gasteiger partial charge in [0.1, 0.15) is 5.82 Å². The van der Waals surface area contributed by atoms with Gasteiger partial charge in [-0.3, -0.25) is 9.59 Å². The molecule has 0 aliphatic carbocycles. The number of carboxylic acid groups (broad SMARTS) is 2. The van der Waals surface area contributed by atoms with Gasteiger partial charge in [0.15, 0.2) is 11.5 Å². The number of carbonyl (C=O) groups is 3. The maximum absolute atomic E-state index is 12.5. The van der Waals surface area contributed by atoms with E-state index < -0.39 is 18.8 Å². The van der Waals surface area contributed by atoms with Gasteiger partial charge in [-0.1, -0.05) is 25.5 Å². The van der Waals surface area contributed by atoms with Crippen LogP contribution in [0.5, 0.6) is 0 Å². The number of halogens is 6. The van der Waals surface area contributed by atoms with Crippen molar-refractivity contribution in [2.75, 3.05) is 16.8 Å². The first kappa shape index (κ1) is 35.7. The molecule has 1 aliphatic rings. The molecule has 0 bridgehead atoms. The van der Waals surface area contributed by atoms with Gasteiger partial charge >= 0.3 is 18.8 Å². The van der Waals surface area contributed by atoms with Crippen LogP contribution >= 0.6 is 0 Å². The number of hydrogen-bond donors (Lipinski definition) is 3. The number of hydrogen-bond acceptors (Lipinski definition) is 6. The highest BCUT2D eigenvalue weighted by atomic mass is 19.4. The number of carboxylic acids is 1. The number of piperidine rings is 1. The molecule has 0 saturated carbocycles. The number of fused-ring (bicyclic) bond motifs is 1. The van der Waals surface area contributed by atoms with Crippen molar-refractivity contribution in [3.8, 4) is 0 Å². The van der Waals surface area contributed by atoms with Gasteiger partial charge in [-0.25, -0.2) is 14.3 Å². The summed E-state index contributed by atoms with van der Waals surface area (Å²) in [5.74, 6) is -1.44. The van der Waals surface area contributed by atoms with Crippen molar-refractivity contribution in [1.29, 1.82) is 0 Å². The normalized spacial score (nSPS) is 14.4. The van der Waals surface area contributed by atoms with E-state index in [0.29, 0.717) is 17.4 Å². The number of aryl methyl sites for hydroxylation is 1. The fourth-order valence-corrected chi connectivity index (χ4v) is 3.82. The average Bonchev–Trinajstić information content (AvgIpc) is 3.31. The number of anilines is 2. The van der Waals surface area contributed by atoms with Gasteiger partial charge in [-0.15, -0.1) is 5.10 Å². The maximum atomic E-state index is 12.5. The van der Waals surface area contributed by atoms with Gasteiger partial charge in [0.25, 0.3) is 12.4 Å². The zero-order valence-corrected chi connectivity index (χ0v) is 22.7. The molecule has 1 amide bonds. The Hall–Kier alpha value is -4.37. The van der Waals surface area contributed by atoms with E-state index in [0.717, 1.165) is 30.9 Å². The number of aliphatic carboxylic acids is 1. The van der Waals surface area contributed by atoms with E-state index >= 15 is 0 Å². The molecule has 10 nitrogen and oxygen atoms in total. The van der Waals surface area contributed by atoms with Crippen molar-refractivity contribution in [3.63, 3.8) is 0 Å². The summed E-state index contributed by atoms with van der Waals surface area (Å²) < 4.78 is 62.5. The maximum Gasteiger partial charge on any atom is 0.490 e. The van der Waals surface area contributed by atoms with E-state index in [1.54, 1.807) is 10.7 Å². The Balaban J connectivity index is 0.000000528. The smallest absolute Gasteiger partial charge is 0.483 e. The molecule has 0 spiro atoms. The van der Waals surface area contributed by atoms with Gasteiger partial charge < -0.3 is 20.4 Å².